The average molecular weight is 496 g/mol. The number of aryl methyl sites for hydroxylation is 2. The lowest BCUT2D eigenvalue weighted by molar-refractivity contribution is -0.127. The number of piperidine rings is 1. The third-order valence-electron chi connectivity index (χ3n) is 8.15. The minimum atomic E-state index is -0.593. The molecule has 0 unspecified atom stereocenters. The van der Waals surface area contributed by atoms with Gasteiger partial charge in [0.15, 0.2) is 0 Å². The maximum Gasteiger partial charge on any atom is 0.245 e. The van der Waals surface area contributed by atoms with Crippen molar-refractivity contribution >= 4 is 28.4 Å². The smallest absolute Gasteiger partial charge is 0.245 e. The molecule has 4 aromatic rings. The second-order valence-corrected chi connectivity index (χ2v) is 10.4. The van der Waals surface area contributed by atoms with Gasteiger partial charge in [0, 0.05) is 42.4 Å². The fraction of sp³-hybridized carbons (Fsp3) is 0.379. The first-order chi connectivity index (χ1) is 18.0. The maximum atomic E-state index is 13.8. The van der Waals surface area contributed by atoms with Gasteiger partial charge in [-0.15, -0.1) is 0 Å². The molecule has 0 radical (unpaired) electrons. The Hall–Kier alpha value is -3.78. The molecule has 190 valence electrons. The number of aromatic nitrogens is 4. The Morgan fingerprint density at radius 1 is 1.05 bits per heavy atom. The van der Waals surface area contributed by atoms with Crippen molar-refractivity contribution in [2.75, 3.05) is 37.4 Å². The number of nitrogens with zero attached hydrogens (tertiary/aromatic N) is 5. The van der Waals surface area contributed by atoms with Crippen LogP contribution in [0.15, 0.2) is 55.1 Å². The lowest BCUT2D eigenvalue weighted by Gasteiger charge is -2.45. The van der Waals surface area contributed by atoms with Crippen molar-refractivity contribution in [2.45, 2.75) is 44.1 Å². The molecule has 1 aromatic carbocycles. The van der Waals surface area contributed by atoms with Crippen molar-refractivity contribution in [1.29, 1.82) is 0 Å². The van der Waals surface area contributed by atoms with Crippen LogP contribution in [-0.4, -0.2) is 63.5 Å². The zero-order chi connectivity index (χ0) is 25.4. The molecule has 0 saturated carbocycles. The molecule has 4 heterocycles. The number of hydrogen-bond donors (Lipinski definition) is 2. The quantitative estimate of drug-likeness (QED) is 0.426. The second-order valence-electron chi connectivity index (χ2n) is 10.4. The number of fused-ring (bicyclic) bond motifs is 3. The number of anilines is 2. The van der Waals surface area contributed by atoms with Crippen LogP contribution in [0.3, 0.4) is 0 Å². The molecule has 1 fully saturated rings. The first-order valence-electron chi connectivity index (χ1n) is 13.1. The van der Waals surface area contributed by atoms with Gasteiger partial charge < -0.3 is 15.2 Å². The molecule has 6 rings (SSSR count). The Balaban J connectivity index is 1.23. The highest BCUT2D eigenvalue weighted by molar-refractivity contribution is 5.99. The zero-order valence-corrected chi connectivity index (χ0v) is 21.5. The van der Waals surface area contributed by atoms with Crippen molar-refractivity contribution in [3.8, 4) is 11.1 Å². The molecule has 0 atom stereocenters. The van der Waals surface area contributed by atoms with E-state index < -0.39 is 5.54 Å². The second kappa shape index (κ2) is 9.59. The normalized spacial score (nSPS) is 17.1. The first kappa shape index (κ1) is 23.6. The van der Waals surface area contributed by atoms with Crippen LogP contribution in [0.5, 0.6) is 0 Å². The third kappa shape index (κ3) is 4.25. The van der Waals surface area contributed by atoms with E-state index in [0.29, 0.717) is 12.8 Å². The lowest BCUT2D eigenvalue weighted by Crippen LogP contribution is -2.59. The Kier molecular flexibility index (Phi) is 6.12. The van der Waals surface area contributed by atoms with Crippen molar-refractivity contribution in [1.82, 2.24) is 24.8 Å². The summed E-state index contributed by atoms with van der Waals surface area (Å²) in [6, 6.07) is 11.9. The SMILES string of the molecule is CN(C)C1(C(=O)Nc2cccc(-c3cccnc3)c2)CCN(c2ncnc3[nH]c4c(c23)CCCC4)CC1. The van der Waals surface area contributed by atoms with Crippen LogP contribution in [0.4, 0.5) is 11.5 Å². The van der Waals surface area contributed by atoms with E-state index in [1.807, 2.05) is 56.7 Å². The van der Waals surface area contributed by atoms with Gasteiger partial charge in [-0.25, -0.2) is 9.97 Å². The number of nitrogens with one attached hydrogen (secondary N) is 2. The van der Waals surface area contributed by atoms with E-state index in [1.165, 1.54) is 29.5 Å². The van der Waals surface area contributed by atoms with Crippen LogP contribution < -0.4 is 10.2 Å². The molecule has 8 nitrogen and oxygen atoms in total. The van der Waals surface area contributed by atoms with E-state index in [9.17, 15) is 4.79 Å². The van der Waals surface area contributed by atoms with E-state index in [4.69, 9.17) is 4.98 Å². The van der Waals surface area contributed by atoms with Gasteiger partial charge in [-0.05, 0) is 81.9 Å². The number of H-pyrrole nitrogens is 1. The molecule has 1 aliphatic carbocycles. The molecule has 1 aliphatic heterocycles. The van der Waals surface area contributed by atoms with Crippen molar-refractivity contribution in [3.63, 3.8) is 0 Å². The molecule has 3 aromatic heterocycles. The number of aromatic amines is 1. The predicted octanol–water partition coefficient (Wildman–Crippen LogP) is 4.44. The standard InChI is InChI=1S/C29H33N7O/c1-35(2)29(28(37)33-22-9-5-7-20(17-22)21-8-6-14-30-18-21)12-15-36(16-13-29)27-25-23-10-3-4-11-24(23)34-26(25)31-19-32-27/h5-9,14,17-19H,3-4,10-13,15-16H2,1-2H3,(H,33,37)(H,31,32,34). The zero-order valence-electron chi connectivity index (χ0n) is 21.5. The van der Waals surface area contributed by atoms with Crippen LogP contribution >= 0.6 is 0 Å². The van der Waals surface area contributed by atoms with Crippen LogP contribution in [0.1, 0.15) is 36.9 Å². The minimum absolute atomic E-state index is 0.0346. The number of benzene rings is 1. The van der Waals surface area contributed by atoms with Crippen LogP contribution in [0.25, 0.3) is 22.2 Å². The number of pyridine rings is 1. The summed E-state index contributed by atoms with van der Waals surface area (Å²) >= 11 is 0. The van der Waals surface area contributed by atoms with E-state index >= 15 is 0 Å². The molecular weight excluding hydrogens is 462 g/mol. The lowest BCUT2D eigenvalue weighted by atomic mass is 9.84. The summed E-state index contributed by atoms with van der Waals surface area (Å²) in [5.41, 5.74) is 5.89. The van der Waals surface area contributed by atoms with Crippen molar-refractivity contribution < 1.29 is 4.79 Å². The van der Waals surface area contributed by atoms with Gasteiger partial charge >= 0.3 is 0 Å². The summed E-state index contributed by atoms with van der Waals surface area (Å²) in [7, 11) is 4.01. The van der Waals surface area contributed by atoms with E-state index in [-0.39, 0.29) is 5.91 Å². The number of amides is 1. The molecule has 1 saturated heterocycles. The van der Waals surface area contributed by atoms with Gasteiger partial charge in [0.2, 0.25) is 5.91 Å². The Morgan fingerprint density at radius 2 is 1.86 bits per heavy atom. The van der Waals surface area contributed by atoms with Gasteiger partial charge in [-0.2, -0.15) is 0 Å². The topological polar surface area (TPSA) is 90.0 Å². The van der Waals surface area contributed by atoms with E-state index in [0.717, 1.165) is 54.2 Å². The number of rotatable bonds is 5. The molecule has 1 amide bonds. The maximum absolute atomic E-state index is 13.8. The molecule has 2 N–H and O–H groups in total. The summed E-state index contributed by atoms with van der Waals surface area (Å²) in [5.74, 6) is 1.04. The fourth-order valence-corrected chi connectivity index (χ4v) is 5.97. The number of carbonyl (C=O) groups excluding carboxylic acids is 1. The number of carbonyl (C=O) groups is 1. The average Bonchev–Trinajstić information content (AvgIpc) is 3.32. The fourth-order valence-electron chi connectivity index (χ4n) is 5.97. The van der Waals surface area contributed by atoms with E-state index in [1.54, 1.807) is 12.5 Å². The molecule has 2 aliphatic rings. The highest BCUT2D eigenvalue weighted by Gasteiger charge is 2.44. The molecule has 37 heavy (non-hydrogen) atoms. The summed E-state index contributed by atoms with van der Waals surface area (Å²) in [6.45, 7) is 1.51. The highest BCUT2D eigenvalue weighted by atomic mass is 16.2. The summed E-state index contributed by atoms with van der Waals surface area (Å²) in [4.78, 5) is 35.2. The number of likely N-dealkylation sites (N-methyl/N-ethyl adjacent to an activating group) is 1. The van der Waals surface area contributed by atoms with Crippen LogP contribution in [0, 0.1) is 0 Å². The van der Waals surface area contributed by atoms with Gasteiger partial charge in [0.1, 0.15) is 23.3 Å². The first-order valence-corrected chi connectivity index (χ1v) is 13.1. The molecule has 0 spiro atoms. The monoisotopic (exact) mass is 495 g/mol. The Morgan fingerprint density at radius 3 is 2.65 bits per heavy atom. The van der Waals surface area contributed by atoms with Crippen molar-refractivity contribution in [2.24, 2.45) is 0 Å². The van der Waals surface area contributed by atoms with Crippen LogP contribution in [0.2, 0.25) is 0 Å². The van der Waals surface area contributed by atoms with Crippen molar-refractivity contribution in [3.05, 3.63) is 66.4 Å². The summed E-state index contributed by atoms with van der Waals surface area (Å²) in [5, 5.41) is 4.39. The van der Waals surface area contributed by atoms with Gasteiger partial charge in [0.05, 0.1) is 5.39 Å². The summed E-state index contributed by atoms with van der Waals surface area (Å²) < 4.78 is 0. The van der Waals surface area contributed by atoms with Crippen LogP contribution in [-0.2, 0) is 17.6 Å². The molecular formula is C29H33N7O. The number of hydrogen-bond acceptors (Lipinski definition) is 6. The van der Waals surface area contributed by atoms with E-state index in [2.05, 4.69) is 30.1 Å². The minimum Gasteiger partial charge on any atom is -0.356 e. The molecule has 0 bridgehead atoms. The molecule has 8 heteroatoms. The third-order valence-corrected chi connectivity index (χ3v) is 8.15. The highest BCUT2D eigenvalue weighted by Crippen LogP contribution is 2.37. The van der Waals surface area contributed by atoms with Gasteiger partial charge in [-0.1, -0.05) is 18.2 Å². The summed E-state index contributed by atoms with van der Waals surface area (Å²) in [6.07, 6.45) is 11.3. The van der Waals surface area contributed by atoms with Gasteiger partial charge in [-0.3, -0.25) is 14.7 Å². The Labute approximate surface area is 217 Å². The van der Waals surface area contributed by atoms with Gasteiger partial charge in [0.25, 0.3) is 0 Å². The largest absolute Gasteiger partial charge is 0.356 e. The predicted molar refractivity (Wildman–Crippen MR) is 147 cm³/mol. The Bertz CT molecular complexity index is 1420.